The van der Waals surface area contributed by atoms with E-state index >= 15 is 0 Å². The summed E-state index contributed by atoms with van der Waals surface area (Å²) < 4.78 is 2.48. The maximum atomic E-state index is 6.24. The van der Waals surface area contributed by atoms with Crippen LogP contribution in [0, 0.1) is 5.92 Å². The molecule has 0 aromatic carbocycles. The minimum Gasteiger partial charge on any atom is -0.343 e. The van der Waals surface area contributed by atoms with E-state index in [4.69, 9.17) is 5.73 Å². The Balaban J connectivity index is 2.05. The van der Waals surface area contributed by atoms with Gasteiger partial charge in [-0.2, -0.15) is 0 Å². The number of aromatic nitrogens is 1. The summed E-state index contributed by atoms with van der Waals surface area (Å²) >= 11 is 1.86. The predicted octanol–water partition coefficient (Wildman–Crippen LogP) is 4.13. The molecule has 2 atom stereocenters. The number of rotatable bonds is 3. The van der Waals surface area contributed by atoms with Crippen LogP contribution in [0.5, 0.6) is 0 Å². The Morgan fingerprint density at radius 3 is 2.89 bits per heavy atom. The number of nitrogens with two attached hydrogens (primary N) is 1. The van der Waals surface area contributed by atoms with Crippen molar-refractivity contribution < 1.29 is 0 Å². The van der Waals surface area contributed by atoms with Gasteiger partial charge in [-0.15, -0.1) is 11.3 Å². The van der Waals surface area contributed by atoms with Gasteiger partial charge in [0, 0.05) is 22.8 Å². The Labute approximate surface area is 119 Å². The van der Waals surface area contributed by atoms with Crippen molar-refractivity contribution in [2.24, 2.45) is 11.7 Å². The number of fused-ring (bicyclic) bond motifs is 1. The molecule has 0 amide bonds. The van der Waals surface area contributed by atoms with E-state index in [0.717, 1.165) is 6.42 Å². The van der Waals surface area contributed by atoms with Gasteiger partial charge in [0.1, 0.15) is 0 Å². The number of hydrogen-bond donors (Lipinski definition) is 1. The standard InChI is InChI=1S/C16H22N2S/c1-11(2)16(15-7-4-10-19-15)18-9-8-12-13(17)5-3-6-14(12)18/h4,7-11,13,16H,3,5-6,17H2,1-2H3. The summed E-state index contributed by atoms with van der Waals surface area (Å²) in [5.74, 6) is 0.591. The van der Waals surface area contributed by atoms with E-state index in [1.165, 1.54) is 29.0 Å². The average Bonchev–Trinajstić information content (AvgIpc) is 3.01. The van der Waals surface area contributed by atoms with Crippen LogP contribution in [0.25, 0.3) is 0 Å². The Bertz CT molecular complexity index is 539. The van der Waals surface area contributed by atoms with Crippen molar-refractivity contribution >= 4 is 11.3 Å². The van der Waals surface area contributed by atoms with Gasteiger partial charge in [-0.05, 0) is 48.3 Å². The van der Waals surface area contributed by atoms with E-state index in [1.54, 1.807) is 0 Å². The van der Waals surface area contributed by atoms with Gasteiger partial charge >= 0.3 is 0 Å². The van der Waals surface area contributed by atoms with Crippen molar-refractivity contribution in [2.75, 3.05) is 0 Å². The zero-order valence-electron chi connectivity index (χ0n) is 11.7. The van der Waals surface area contributed by atoms with Crippen molar-refractivity contribution in [3.8, 4) is 0 Å². The molecule has 2 heterocycles. The second kappa shape index (κ2) is 5.14. The third-order valence-corrected chi connectivity index (χ3v) is 5.10. The van der Waals surface area contributed by atoms with Crippen LogP contribution < -0.4 is 5.73 Å². The Kier molecular flexibility index (Phi) is 3.50. The molecule has 2 aromatic heterocycles. The van der Waals surface area contributed by atoms with Crippen molar-refractivity contribution in [1.29, 1.82) is 0 Å². The van der Waals surface area contributed by atoms with E-state index in [-0.39, 0.29) is 6.04 Å². The summed E-state index contributed by atoms with van der Waals surface area (Å²) in [6.45, 7) is 4.61. The fourth-order valence-electron chi connectivity index (χ4n) is 3.26. The highest BCUT2D eigenvalue weighted by molar-refractivity contribution is 7.10. The van der Waals surface area contributed by atoms with Gasteiger partial charge in [0.25, 0.3) is 0 Å². The molecular formula is C16H22N2S. The molecule has 1 aliphatic carbocycles. The molecule has 2 unspecified atom stereocenters. The largest absolute Gasteiger partial charge is 0.343 e. The number of nitrogens with zero attached hydrogens (tertiary/aromatic N) is 1. The van der Waals surface area contributed by atoms with Gasteiger partial charge in [-0.3, -0.25) is 0 Å². The van der Waals surface area contributed by atoms with E-state index in [9.17, 15) is 0 Å². The Morgan fingerprint density at radius 2 is 2.21 bits per heavy atom. The molecule has 0 saturated carbocycles. The first kappa shape index (κ1) is 12.9. The smallest absolute Gasteiger partial charge is 0.0698 e. The molecule has 0 saturated heterocycles. The van der Waals surface area contributed by atoms with Gasteiger partial charge in [0.2, 0.25) is 0 Å². The molecule has 0 aliphatic heterocycles. The van der Waals surface area contributed by atoms with Gasteiger partial charge < -0.3 is 10.3 Å². The normalized spacial score (nSPS) is 20.5. The second-order valence-corrected chi connectivity index (χ2v) is 6.81. The lowest BCUT2D eigenvalue weighted by Crippen LogP contribution is -2.22. The Morgan fingerprint density at radius 1 is 1.37 bits per heavy atom. The van der Waals surface area contributed by atoms with Crippen LogP contribution >= 0.6 is 11.3 Å². The van der Waals surface area contributed by atoms with Crippen LogP contribution in [-0.2, 0) is 6.42 Å². The summed E-state index contributed by atoms with van der Waals surface area (Å²) in [4.78, 5) is 1.45. The topological polar surface area (TPSA) is 30.9 Å². The fraction of sp³-hybridized carbons (Fsp3) is 0.500. The fourth-order valence-corrected chi connectivity index (χ4v) is 4.26. The van der Waals surface area contributed by atoms with Crippen molar-refractivity contribution in [1.82, 2.24) is 4.57 Å². The summed E-state index contributed by atoms with van der Waals surface area (Å²) in [5, 5.41) is 2.17. The molecular weight excluding hydrogens is 252 g/mol. The number of thiophene rings is 1. The monoisotopic (exact) mass is 274 g/mol. The molecule has 0 spiro atoms. The van der Waals surface area contributed by atoms with E-state index in [1.807, 2.05) is 11.3 Å². The molecule has 0 fully saturated rings. The van der Waals surface area contributed by atoms with Crippen LogP contribution in [-0.4, -0.2) is 4.57 Å². The SMILES string of the molecule is CC(C)C(c1cccs1)n1ccc2c1CCCC2N. The third kappa shape index (κ3) is 2.26. The molecule has 3 heteroatoms. The van der Waals surface area contributed by atoms with E-state index in [0.29, 0.717) is 12.0 Å². The summed E-state index contributed by atoms with van der Waals surface area (Å²) in [6.07, 6.45) is 5.76. The van der Waals surface area contributed by atoms with Gasteiger partial charge in [0.15, 0.2) is 0 Å². The van der Waals surface area contributed by atoms with Crippen molar-refractivity contribution in [2.45, 2.75) is 45.2 Å². The highest BCUT2D eigenvalue weighted by atomic mass is 32.1. The molecule has 19 heavy (non-hydrogen) atoms. The minimum atomic E-state index is 0.237. The van der Waals surface area contributed by atoms with Gasteiger partial charge in [-0.1, -0.05) is 19.9 Å². The maximum Gasteiger partial charge on any atom is 0.0698 e. The first-order valence-corrected chi connectivity index (χ1v) is 8.05. The number of hydrogen-bond acceptors (Lipinski definition) is 2. The summed E-state index contributed by atoms with van der Waals surface area (Å²) in [6, 6.07) is 7.33. The average molecular weight is 274 g/mol. The van der Waals surface area contributed by atoms with E-state index < -0.39 is 0 Å². The van der Waals surface area contributed by atoms with Crippen LogP contribution in [0.1, 0.15) is 54.9 Å². The lowest BCUT2D eigenvalue weighted by atomic mass is 9.93. The molecule has 2 nitrogen and oxygen atoms in total. The lowest BCUT2D eigenvalue weighted by Gasteiger charge is -2.27. The molecule has 3 rings (SSSR count). The van der Waals surface area contributed by atoms with E-state index in [2.05, 4.69) is 48.2 Å². The molecule has 102 valence electrons. The van der Waals surface area contributed by atoms with Gasteiger partial charge in [-0.25, -0.2) is 0 Å². The first-order valence-electron chi connectivity index (χ1n) is 7.17. The zero-order valence-corrected chi connectivity index (χ0v) is 12.5. The van der Waals surface area contributed by atoms with Crippen LogP contribution in [0.4, 0.5) is 0 Å². The summed E-state index contributed by atoms with van der Waals surface area (Å²) in [5.41, 5.74) is 9.08. The zero-order chi connectivity index (χ0) is 13.4. The quantitative estimate of drug-likeness (QED) is 0.896. The predicted molar refractivity (Wildman–Crippen MR) is 81.6 cm³/mol. The maximum absolute atomic E-state index is 6.24. The van der Waals surface area contributed by atoms with Crippen LogP contribution in [0.2, 0.25) is 0 Å². The van der Waals surface area contributed by atoms with Crippen molar-refractivity contribution in [3.05, 3.63) is 45.9 Å². The first-order chi connectivity index (χ1) is 9.18. The summed E-state index contributed by atoms with van der Waals surface area (Å²) in [7, 11) is 0. The third-order valence-electron chi connectivity index (χ3n) is 4.15. The molecule has 0 bridgehead atoms. The van der Waals surface area contributed by atoms with Crippen LogP contribution in [0.15, 0.2) is 29.8 Å². The van der Waals surface area contributed by atoms with Crippen LogP contribution in [0.3, 0.4) is 0 Å². The molecule has 1 aliphatic rings. The minimum absolute atomic E-state index is 0.237. The highest BCUT2D eigenvalue weighted by Gasteiger charge is 2.26. The molecule has 2 aromatic rings. The van der Waals surface area contributed by atoms with Crippen molar-refractivity contribution in [3.63, 3.8) is 0 Å². The lowest BCUT2D eigenvalue weighted by molar-refractivity contribution is 0.422. The van der Waals surface area contributed by atoms with Gasteiger partial charge in [0.05, 0.1) is 6.04 Å². The Hall–Kier alpha value is -1.06. The molecule has 0 radical (unpaired) electrons. The second-order valence-electron chi connectivity index (χ2n) is 5.83. The highest BCUT2D eigenvalue weighted by Crippen LogP contribution is 2.36. The molecule has 2 N–H and O–H groups in total.